The van der Waals surface area contributed by atoms with E-state index in [-0.39, 0.29) is 41.5 Å². The van der Waals surface area contributed by atoms with Gasteiger partial charge in [0.1, 0.15) is 0 Å². The summed E-state index contributed by atoms with van der Waals surface area (Å²) in [6, 6.07) is 12.0. The molecular formula is C23H26N2O7S. The maximum absolute atomic E-state index is 13.0. The van der Waals surface area contributed by atoms with Gasteiger partial charge in [0.15, 0.2) is 12.4 Å². The third-order valence-corrected chi connectivity index (χ3v) is 6.84. The minimum Gasteiger partial charge on any atom is -0.452 e. The van der Waals surface area contributed by atoms with Crippen LogP contribution in [0.25, 0.3) is 0 Å². The topological polar surface area (TPSA) is 119 Å². The molecule has 1 amide bonds. The van der Waals surface area contributed by atoms with Gasteiger partial charge in [-0.25, -0.2) is 13.2 Å². The van der Waals surface area contributed by atoms with Gasteiger partial charge in [0.2, 0.25) is 10.0 Å². The first-order valence-electron chi connectivity index (χ1n) is 10.4. The molecule has 2 aromatic carbocycles. The molecule has 1 fully saturated rings. The van der Waals surface area contributed by atoms with Gasteiger partial charge in [0, 0.05) is 18.7 Å². The summed E-state index contributed by atoms with van der Waals surface area (Å²) >= 11 is 0. The van der Waals surface area contributed by atoms with Crippen LogP contribution >= 0.6 is 0 Å². The Morgan fingerprint density at radius 3 is 2.39 bits per heavy atom. The van der Waals surface area contributed by atoms with Crippen molar-refractivity contribution in [2.45, 2.75) is 37.9 Å². The zero-order valence-electron chi connectivity index (χ0n) is 18.6. The Morgan fingerprint density at radius 1 is 1.06 bits per heavy atom. The van der Waals surface area contributed by atoms with Gasteiger partial charge in [-0.1, -0.05) is 18.2 Å². The fraction of sp³-hybridized carbons (Fsp3) is 0.348. The quantitative estimate of drug-likeness (QED) is 0.484. The number of anilines is 1. The molecule has 2 aromatic rings. The van der Waals surface area contributed by atoms with E-state index in [1.54, 1.807) is 38.1 Å². The van der Waals surface area contributed by atoms with Gasteiger partial charge in [-0.05, 0) is 51.1 Å². The number of sulfonamides is 1. The summed E-state index contributed by atoms with van der Waals surface area (Å²) in [7, 11) is -3.83. The summed E-state index contributed by atoms with van der Waals surface area (Å²) in [6.45, 7) is 4.80. The SMILES string of the molecule is CC(=O)c1ccccc1NC(=O)COC(=O)c1cccc(S(=O)(=O)N2CC(C)OC(C)C2)c1. The molecular weight excluding hydrogens is 448 g/mol. The summed E-state index contributed by atoms with van der Waals surface area (Å²) < 4.78 is 38.0. The number of ketones is 1. The van der Waals surface area contributed by atoms with Gasteiger partial charge in [-0.15, -0.1) is 0 Å². The van der Waals surface area contributed by atoms with Crippen molar-refractivity contribution >= 4 is 33.4 Å². The van der Waals surface area contributed by atoms with Gasteiger partial charge >= 0.3 is 5.97 Å². The number of hydrogen-bond acceptors (Lipinski definition) is 7. The predicted octanol–water partition coefficient (Wildman–Crippen LogP) is 2.48. The molecule has 0 aliphatic carbocycles. The Hall–Kier alpha value is -3.08. The molecule has 0 aromatic heterocycles. The predicted molar refractivity (Wildman–Crippen MR) is 121 cm³/mol. The van der Waals surface area contributed by atoms with Crippen LogP contribution in [0.15, 0.2) is 53.4 Å². The standard InChI is InChI=1S/C23H26N2O7S/c1-15-12-25(13-16(2)32-15)33(29,30)19-8-6-7-18(11-19)23(28)31-14-22(27)24-21-10-5-4-9-20(21)17(3)26/h4-11,15-16H,12-14H2,1-3H3,(H,24,27). The number of carbonyl (C=O) groups excluding carboxylic acids is 3. The van der Waals surface area contributed by atoms with Crippen LogP contribution in [0.4, 0.5) is 5.69 Å². The van der Waals surface area contributed by atoms with Crippen molar-refractivity contribution in [1.82, 2.24) is 4.31 Å². The lowest BCUT2D eigenvalue weighted by molar-refractivity contribution is -0.119. The van der Waals surface area contributed by atoms with Crippen LogP contribution in [0.2, 0.25) is 0 Å². The lowest BCUT2D eigenvalue weighted by Gasteiger charge is -2.34. The van der Waals surface area contributed by atoms with Crippen molar-refractivity contribution in [1.29, 1.82) is 0 Å². The summed E-state index contributed by atoms with van der Waals surface area (Å²) in [5.41, 5.74) is 0.650. The van der Waals surface area contributed by atoms with Gasteiger partial charge in [-0.2, -0.15) is 4.31 Å². The molecule has 0 bridgehead atoms. The van der Waals surface area contributed by atoms with Crippen molar-refractivity contribution in [3.63, 3.8) is 0 Å². The number of benzene rings is 2. The van der Waals surface area contributed by atoms with Crippen LogP contribution < -0.4 is 5.32 Å². The van der Waals surface area contributed by atoms with E-state index in [0.717, 1.165) is 0 Å². The molecule has 1 saturated heterocycles. The molecule has 2 unspecified atom stereocenters. The van der Waals surface area contributed by atoms with Crippen LogP contribution in [-0.2, 0) is 24.3 Å². The number of Topliss-reactive ketones (excluding diaryl/α,β-unsaturated/α-hetero) is 1. The second kappa shape index (κ2) is 10.2. The summed E-state index contributed by atoms with van der Waals surface area (Å²) in [6.07, 6.45) is -0.494. The van der Waals surface area contributed by atoms with E-state index in [4.69, 9.17) is 9.47 Å². The smallest absolute Gasteiger partial charge is 0.338 e. The first-order valence-corrected chi connectivity index (χ1v) is 11.8. The minimum absolute atomic E-state index is 0.00219. The van der Waals surface area contributed by atoms with Crippen molar-refractivity contribution in [2.75, 3.05) is 25.0 Å². The Kier molecular flexibility index (Phi) is 7.62. The molecule has 0 saturated carbocycles. The van der Waals surface area contributed by atoms with Crippen molar-refractivity contribution in [3.8, 4) is 0 Å². The van der Waals surface area contributed by atoms with Crippen molar-refractivity contribution < 1.29 is 32.3 Å². The Morgan fingerprint density at radius 2 is 1.73 bits per heavy atom. The molecule has 10 heteroatoms. The van der Waals surface area contributed by atoms with Gasteiger partial charge < -0.3 is 14.8 Å². The average molecular weight is 475 g/mol. The molecule has 2 atom stereocenters. The second-order valence-corrected chi connectivity index (χ2v) is 9.77. The van der Waals surface area contributed by atoms with E-state index in [2.05, 4.69) is 5.32 Å². The van der Waals surface area contributed by atoms with Crippen molar-refractivity contribution in [3.05, 3.63) is 59.7 Å². The van der Waals surface area contributed by atoms with Gasteiger partial charge in [0.05, 0.1) is 28.4 Å². The molecule has 0 radical (unpaired) electrons. The van der Waals surface area contributed by atoms with Gasteiger partial charge in [-0.3, -0.25) is 9.59 Å². The normalized spacial score (nSPS) is 19.0. The Labute approximate surface area is 192 Å². The summed E-state index contributed by atoms with van der Waals surface area (Å²) in [5, 5.41) is 2.53. The van der Waals surface area contributed by atoms with Crippen LogP contribution in [0.1, 0.15) is 41.5 Å². The number of ether oxygens (including phenoxy) is 2. The number of carbonyl (C=O) groups is 3. The van der Waals surface area contributed by atoms with Crippen molar-refractivity contribution in [2.24, 2.45) is 0 Å². The zero-order chi connectivity index (χ0) is 24.2. The monoisotopic (exact) mass is 474 g/mol. The molecule has 9 nitrogen and oxygen atoms in total. The van der Waals surface area contributed by atoms with Crippen LogP contribution in [0.5, 0.6) is 0 Å². The first kappa shape index (κ1) is 24.6. The van der Waals surface area contributed by atoms with E-state index < -0.39 is 28.5 Å². The van der Waals surface area contributed by atoms with E-state index in [0.29, 0.717) is 11.3 Å². The molecule has 0 spiro atoms. The number of amides is 1. The fourth-order valence-electron chi connectivity index (χ4n) is 3.56. The molecule has 1 N–H and O–H groups in total. The van der Waals surface area contributed by atoms with E-state index in [1.165, 1.54) is 35.5 Å². The summed E-state index contributed by atoms with van der Waals surface area (Å²) in [4.78, 5) is 36.3. The zero-order valence-corrected chi connectivity index (χ0v) is 19.4. The third kappa shape index (κ3) is 6.04. The number of para-hydroxylation sites is 1. The maximum Gasteiger partial charge on any atom is 0.338 e. The highest BCUT2D eigenvalue weighted by atomic mass is 32.2. The second-order valence-electron chi connectivity index (χ2n) is 7.83. The minimum atomic E-state index is -3.83. The molecule has 176 valence electrons. The van der Waals surface area contributed by atoms with E-state index in [1.807, 2.05) is 0 Å². The Balaban J connectivity index is 1.66. The first-order chi connectivity index (χ1) is 15.6. The fourth-order valence-corrected chi connectivity index (χ4v) is 5.20. The third-order valence-electron chi connectivity index (χ3n) is 5.01. The number of esters is 1. The van der Waals surface area contributed by atoms with Crippen LogP contribution in [0, 0.1) is 0 Å². The highest BCUT2D eigenvalue weighted by molar-refractivity contribution is 7.89. The molecule has 3 rings (SSSR count). The van der Waals surface area contributed by atoms with Crippen LogP contribution in [-0.4, -0.2) is 62.3 Å². The van der Waals surface area contributed by atoms with E-state index in [9.17, 15) is 22.8 Å². The number of rotatable bonds is 7. The summed E-state index contributed by atoms with van der Waals surface area (Å²) in [5.74, 6) is -1.69. The lowest BCUT2D eigenvalue weighted by Crippen LogP contribution is -2.48. The number of nitrogens with zero attached hydrogens (tertiary/aromatic N) is 1. The average Bonchev–Trinajstić information content (AvgIpc) is 2.77. The Bertz CT molecular complexity index is 1150. The molecule has 1 heterocycles. The lowest BCUT2D eigenvalue weighted by atomic mass is 10.1. The van der Waals surface area contributed by atoms with Crippen LogP contribution in [0.3, 0.4) is 0 Å². The van der Waals surface area contributed by atoms with E-state index >= 15 is 0 Å². The number of morpholine rings is 1. The highest BCUT2D eigenvalue weighted by Gasteiger charge is 2.32. The van der Waals surface area contributed by atoms with Gasteiger partial charge in [0.25, 0.3) is 5.91 Å². The molecule has 1 aliphatic heterocycles. The number of nitrogens with one attached hydrogen (secondary N) is 1. The molecule has 33 heavy (non-hydrogen) atoms. The largest absolute Gasteiger partial charge is 0.452 e. The highest BCUT2D eigenvalue weighted by Crippen LogP contribution is 2.22. The number of hydrogen-bond donors (Lipinski definition) is 1. The maximum atomic E-state index is 13.0. The molecule has 1 aliphatic rings.